The molecule has 0 radical (unpaired) electrons. The molecular formula is C23H28N4O2. The van der Waals surface area contributed by atoms with E-state index in [2.05, 4.69) is 50.4 Å². The van der Waals surface area contributed by atoms with E-state index < -0.39 is 0 Å². The van der Waals surface area contributed by atoms with E-state index in [1.165, 1.54) is 11.6 Å². The summed E-state index contributed by atoms with van der Waals surface area (Å²) in [5.74, 6) is 0.326. The molecule has 4 aliphatic rings. The van der Waals surface area contributed by atoms with Gasteiger partial charge >= 0.3 is 0 Å². The molecule has 5 heterocycles. The van der Waals surface area contributed by atoms with Gasteiger partial charge in [0.05, 0.1) is 5.56 Å². The van der Waals surface area contributed by atoms with Gasteiger partial charge in [-0.1, -0.05) is 37.3 Å². The number of rotatable bonds is 4. The minimum atomic E-state index is -0.161. The first-order valence-electron chi connectivity index (χ1n) is 10.6. The molecule has 1 amide bonds. The molecule has 4 saturated heterocycles. The molecule has 6 heteroatoms. The van der Waals surface area contributed by atoms with Crippen LogP contribution in [0.15, 0.2) is 47.3 Å². The van der Waals surface area contributed by atoms with Crippen molar-refractivity contribution >= 4 is 5.91 Å². The Morgan fingerprint density at radius 1 is 1.10 bits per heavy atom. The van der Waals surface area contributed by atoms with Crippen LogP contribution in [-0.2, 0) is 11.8 Å². The molecule has 2 aromatic rings. The Morgan fingerprint density at radius 2 is 1.79 bits per heavy atom. The van der Waals surface area contributed by atoms with Gasteiger partial charge in [-0.05, 0) is 18.1 Å². The molecule has 2 N–H and O–H groups in total. The van der Waals surface area contributed by atoms with Gasteiger partial charge in [0.1, 0.15) is 0 Å². The third kappa shape index (κ3) is 3.11. The summed E-state index contributed by atoms with van der Waals surface area (Å²) < 4.78 is 0. The van der Waals surface area contributed by atoms with Gasteiger partial charge in [0.15, 0.2) is 0 Å². The van der Waals surface area contributed by atoms with E-state index >= 15 is 0 Å². The number of aromatic nitrogens is 1. The number of H-pyrrole nitrogens is 1. The number of amides is 1. The highest BCUT2D eigenvalue weighted by Gasteiger charge is 2.55. The highest BCUT2D eigenvalue weighted by molar-refractivity contribution is 5.95. The number of hydrogen-bond donors (Lipinski definition) is 2. The fourth-order valence-corrected chi connectivity index (χ4v) is 5.80. The standard InChI is InChI=1S/C23H28N4O2/c1-2-19-18(8-9-20(28)24-19)22(29)25-21-16-12-26-10-11-27(13-16)15-23(21,14-26)17-6-4-3-5-7-17/h3-9,16,21H,2,10-15H2,1H3,(H,24,28)(H,25,29). The van der Waals surface area contributed by atoms with Crippen molar-refractivity contribution in [3.05, 3.63) is 69.6 Å². The third-order valence-electron chi connectivity index (χ3n) is 7.03. The average Bonchev–Trinajstić information content (AvgIpc) is 2.99. The molecule has 3 atom stereocenters. The minimum absolute atomic E-state index is 0.0745. The maximum atomic E-state index is 13.3. The molecule has 0 spiro atoms. The molecule has 1 aromatic heterocycles. The van der Waals surface area contributed by atoms with Crippen LogP contribution in [0.4, 0.5) is 0 Å². The number of aryl methyl sites for hydroxylation is 1. The smallest absolute Gasteiger partial charge is 0.253 e. The van der Waals surface area contributed by atoms with E-state index in [0.717, 1.165) is 39.3 Å². The average molecular weight is 393 g/mol. The molecular weight excluding hydrogens is 364 g/mol. The van der Waals surface area contributed by atoms with Gasteiger partial charge in [0.25, 0.3) is 5.91 Å². The van der Waals surface area contributed by atoms with Crippen LogP contribution in [0.25, 0.3) is 0 Å². The number of nitrogens with one attached hydrogen (secondary N) is 2. The summed E-state index contributed by atoms with van der Waals surface area (Å²) in [4.78, 5) is 33.0. The summed E-state index contributed by atoms with van der Waals surface area (Å²) in [7, 11) is 0. The lowest BCUT2D eigenvalue weighted by Gasteiger charge is -2.55. The van der Waals surface area contributed by atoms with Crippen molar-refractivity contribution < 1.29 is 4.79 Å². The molecule has 4 fully saturated rings. The normalized spacial score (nSPS) is 32.7. The van der Waals surface area contributed by atoms with E-state index in [1.807, 2.05) is 6.92 Å². The number of carbonyl (C=O) groups is 1. The van der Waals surface area contributed by atoms with Crippen LogP contribution in [0, 0.1) is 5.92 Å². The fraction of sp³-hybridized carbons (Fsp3) is 0.478. The molecule has 0 saturated carbocycles. The topological polar surface area (TPSA) is 68.4 Å². The van der Waals surface area contributed by atoms with Crippen molar-refractivity contribution in [2.75, 3.05) is 39.3 Å². The van der Waals surface area contributed by atoms with Gasteiger partial charge in [0, 0.05) is 68.4 Å². The van der Waals surface area contributed by atoms with Crippen LogP contribution in [0.3, 0.4) is 0 Å². The Morgan fingerprint density at radius 3 is 2.45 bits per heavy atom. The van der Waals surface area contributed by atoms with Crippen LogP contribution in [-0.4, -0.2) is 66.0 Å². The summed E-state index contributed by atoms with van der Waals surface area (Å²) in [6, 6.07) is 13.9. The molecule has 4 aliphatic heterocycles. The number of pyridine rings is 1. The van der Waals surface area contributed by atoms with E-state index in [-0.39, 0.29) is 22.9 Å². The SMILES string of the molecule is CCc1[nH]c(=O)ccc1C(=O)NC1C2CN3CCN(C2)CC1(c1ccccc1)C3. The lowest BCUT2D eigenvalue weighted by molar-refractivity contribution is 0.0180. The van der Waals surface area contributed by atoms with Crippen LogP contribution >= 0.6 is 0 Å². The summed E-state index contributed by atoms with van der Waals surface area (Å²) in [6.07, 6.45) is 0.623. The molecule has 3 unspecified atom stereocenters. The van der Waals surface area contributed by atoms with Gasteiger partial charge in [0.2, 0.25) is 5.56 Å². The Bertz CT molecular complexity index is 954. The molecule has 1 aromatic carbocycles. The second kappa shape index (κ2) is 7.11. The Labute approximate surface area is 170 Å². The molecule has 0 aliphatic carbocycles. The van der Waals surface area contributed by atoms with E-state index in [9.17, 15) is 9.59 Å². The lowest BCUT2D eigenvalue weighted by atomic mass is 9.64. The van der Waals surface area contributed by atoms with Crippen molar-refractivity contribution in [2.45, 2.75) is 24.8 Å². The molecule has 6 rings (SSSR count). The molecule has 4 bridgehead atoms. The van der Waals surface area contributed by atoms with Crippen molar-refractivity contribution in [2.24, 2.45) is 5.92 Å². The maximum absolute atomic E-state index is 13.3. The number of benzene rings is 1. The predicted molar refractivity (Wildman–Crippen MR) is 112 cm³/mol. The second-order valence-corrected chi connectivity index (χ2v) is 8.77. The quantitative estimate of drug-likeness (QED) is 0.821. The number of fused-ring (bicyclic) bond motifs is 1. The van der Waals surface area contributed by atoms with Crippen molar-refractivity contribution in [1.82, 2.24) is 20.1 Å². The maximum Gasteiger partial charge on any atom is 0.253 e. The highest BCUT2D eigenvalue weighted by atomic mass is 16.2. The molecule has 29 heavy (non-hydrogen) atoms. The van der Waals surface area contributed by atoms with Crippen molar-refractivity contribution in [1.29, 1.82) is 0 Å². The van der Waals surface area contributed by atoms with Crippen LogP contribution in [0.2, 0.25) is 0 Å². The van der Waals surface area contributed by atoms with Gasteiger partial charge in [-0.25, -0.2) is 0 Å². The van der Waals surface area contributed by atoms with E-state index in [1.54, 1.807) is 6.07 Å². The van der Waals surface area contributed by atoms with Gasteiger partial charge in [-0.15, -0.1) is 0 Å². The highest BCUT2D eigenvalue weighted by Crippen LogP contribution is 2.43. The monoisotopic (exact) mass is 392 g/mol. The zero-order chi connectivity index (χ0) is 20.0. The second-order valence-electron chi connectivity index (χ2n) is 8.77. The summed E-state index contributed by atoms with van der Waals surface area (Å²) >= 11 is 0. The Balaban J connectivity index is 1.53. The van der Waals surface area contributed by atoms with Crippen molar-refractivity contribution in [3.8, 4) is 0 Å². The van der Waals surface area contributed by atoms with E-state index in [4.69, 9.17) is 0 Å². The number of hydrogen-bond acceptors (Lipinski definition) is 4. The summed E-state index contributed by atoms with van der Waals surface area (Å²) in [5, 5.41) is 3.43. The first-order valence-corrected chi connectivity index (χ1v) is 10.6. The zero-order valence-electron chi connectivity index (χ0n) is 16.9. The lowest BCUT2D eigenvalue weighted by Crippen LogP contribution is -2.70. The summed E-state index contributed by atoms with van der Waals surface area (Å²) in [5.41, 5.74) is 2.33. The number of aromatic amines is 1. The van der Waals surface area contributed by atoms with Crippen molar-refractivity contribution in [3.63, 3.8) is 0 Å². The first kappa shape index (κ1) is 18.6. The molecule has 6 nitrogen and oxygen atoms in total. The fourth-order valence-electron chi connectivity index (χ4n) is 5.80. The Hall–Kier alpha value is -2.44. The number of nitrogens with zero attached hydrogens (tertiary/aromatic N) is 2. The predicted octanol–water partition coefficient (Wildman–Crippen LogP) is 1.23. The number of carbonyl (C=O) groups excluding carboxylic acids is 1. The summed E-state index contributed by atoms with van der Waals surface area (Å²) in [6.45, 7) is 8.17. The number of piperidine rings is 2. The third-order valence-corrected chi connectivity index (χ3v) is 7.03. The minimum Gasteiger partial charge on any atom is -0.348 e. The largest absolute Gasteiger partial charge is 0.348 e. The van der Waals surface area contributed by atoms with Gasteiger partial charge in [-0.2, -0.15) is 0 Å². The van der Waals surface area contributed by atoms with Gasteiger partial charge < -0.3 is 20.1 Å². The van der Waals surface area contributed by atoms with Crippen LogP contribution in [0.5, 0.6) is 0 Å². The molecule has 152 valence electrons. The van der Waals surface area contributed by atoms with Crippen LogP contribution in [0.1, 0.15) is 28.5 Å². The first-order chi connectivity index (χ1) is 14.1. The van der Waals surface area contributed by atoms with Crippen LogP contribution < -0.4 is 10.9 Å². The van der Waals surface area contributed by atoms with Gasteiger partial charge in [-0.3, -0.25) is 9.59 Å². The zero-order valence-corrected chi connectivity index (χ0v) is 16.9. The Kier molecular flexibility index (Phi) is 4.56. The van der Waals surface area contributed by atoms with E-state index in [0.29, 0.717) is 23.6 Å².